The summed E-state index contributed by atoms with van der Waals surface area (Å²) in [6.45, 7) is 13.9. The minimum Gasteiger partial charge on any atom is -0.297 e. The van der Waals surface area contributed by atoms with E-state index in [1.165, 1.54) is 299 Å². The molecule has 522 valence electrons. The third-order valence-corrected chi connectivity index (χ3v) is 35.0. The first kappa shape index (κ1) is 75.2. The van der Waals surface area contributed by atoms with E-state index < -0.39 is 0 Å². The average Bonchev–Trinajstić information content (AvgIpc) is 1.64. The number of aryl methyl sites for hydroxylation is 6. The number of unbranched alkanes of at least 4 members (excludes halogenated alkanes) is 18. The minimum absolute atomic E-state index is 0.840. The van der Waals surface area contributed by atoms with Crippen molar-refractivity contribution in [2.75, 3.05) is 0 Å². The van der Waals surface area contributed by atoms with Gasteiger partial charge in [-0.05, 0) is 236 Å². The molecule has 0 aromatic carbocycles. The lowest BCUT2D eigenvalue weighted by molar-refractivity contribution is 0.112. The van der Waals surface area contributed by atoms with Crippen LogP contribution in [0.5, 0.6) is 0 Å². The number of rotatable bonds is 42. The third kappa shape index (κ3) is 19.4. The van der Waals surface area contributed by atoms with E-state index in [-0.39, 0.29) is 0 Å². The highest BCUT2D eigenvalue weighted by Crippen LogP contribution is 2.54. The molecule has 0 aliphatic heterocycles. The number of hydrogen-bond acceptors (Lipinski definition) is 13. The third-order valence-electron chi connectivity index (χ3n) is 19.0. The number of halogens is 1. The largest absolute Gasteiger partial charge is 0.297 e. The van der Waals surface area contributed by atoms with Crippen LogP contribution >= 0.6 is 152 Å². The van der Waals surface area contributed by atoms with Gasteiger partial charge in [-0.3, -0.25) is 4.79 Å². The molecule has 12 aromatic heterocycles. The summed E-state index contributed by atoms with van der Waals surface area (Å²) < 4.78 is 1.24. The second-order valence-corrected chi connectivity index (χ2v) is 41.0. The summed E-state index contributed by atoms with van der Waals surface area (Å²) in [7, 11) is 0. The fourth-order valence-corrected chi connectivity index (χ4v) is 28.4. The Morgan fingerprint density at radius 3 is 0.687 bits per heavy atom. The molecule has 0 aliphatic rings. The van der Waals surface area contributed by atoms with Crippen LogP contribution in [0, 0.1) is 0 Å². The highest BCUT2D eigenvalue weighted by atomic mass is 79.9. The summed E-state index contributed by atoms with van der Waals surface area (Å²) in [5.41, 5.74) is 8.93. The first-order valence-corrected chi connectivity index (χ1v) is 47.7. The predicted molar refractivity (Wildman–Crippen MR) is 461 cm³/mol. The topological polar surface area (TPSA) is 17.1 Å². The van der Waals surface area contributed by atoms with E-state index in [1.807, 2.05) is 125 Å². The highest BCUT2D eigenvalue weighted by Gasteiger charge is 2.25. The van der Waals surface area contributed by atoms with Gasteiger partial charge >= 0.3 is 0 Å². The van der Waals surface area contributed by atoms with Gasteiger partial charge in [-0.25, -0.2) is 0 Å². The minimum atomic E-state index is 0.840. The molecular formula is C85H97BrOS12. The molecule has 12 aromatic rings. The molecule has 0 bridgehead atoms. The fraction of sp³-hybridized carbons (Fsp3) is 0.424. The standard InChI is InChI=1S/C85H97BrOS12/c1-7-13-19-25-31-56-49-62(55-87)88-80(56)69-43-37-63(89-69)64-38-44-70(90-64)81-57(32-26-20-14-8-2)50-75(95-81)76-51-58(33-27-21-15-9-3)82(96-76)71-45-39-65(91-71)66-40-46-72(92-66)83-59(34-28-22-16-10-4)52-77(97-83)78-53-60(35-29-23-17-11-5)84(98-78)73-47-41-67(93-73)68-42-48-74(94-68)85-61(54-79(86)99-85)36-30-24-18-12-6/h37-55H,7-36H2,1-6H3. The quantitative estimate of drug-likeness (QED) is 0.0275. The maximum atomic E-state index is 12.0. The van der Waals surface area contributed by atoms with Crippen molar-refractivity contribution in [1.82, 2.24) is 0 Å². The van der Waals surface area contributed by atoms with Crippen molar-refractivity contribution in [3.05, 3.63) is 151 Å². The van der Waals surface area contributed by atoms with Crippen molar-refractivity contribution in [3.8, 4) is 107 Å². The molecule has 0 radical (unpaired) electrons. The van der Waals surface area contributed by atoms with Gasteiger partial charge in [0.2, 0.25) is 0 Å². The van der Waals surface area contributed by atoms with Crippen molar-refractivity contribution >= 4 is 158 Å². The van der Waals surface area contributed by atoms with Crippen molar-refractivity contribution in [2.24, 2.45) is 0 Å². The van der Waals surface area contributed by atoms with Crippen molar-refractivity contribution in [1.29, 1.82) is 0 Å². The maximum absolute atomic E-state index is 12.0. The van der Waals surface area contributed by atoms with Crippen LogP contribution in [0.2, 0.25) is 0 Å². The van der Waals surface area contributed by atoms with Gasteiger partial charge < -0.3 is 0 Å². The second kappa shape index (κ2) is 38.0. The number of hydrogen-bond donors (Lipinski definition) is 0. The fourth-order valence-electron chi connectivity index (χ4n) is 13.5. The Kier molecular flexibility index (Phi) is 28.9. The van der Waals surface area contributed by atoms with Gasteiger partial charge in [0.05, 0.1) is 8.66 Å². The molecular weight excluding hydrogens is 1500 g/mol. The lowest BCUT2D eigenvalue weighted by atomic mass is 10.0. The Morgan fingerprint density at radius 2 is 0.444 bits per heavy atom. The molecule has 0 saturated carbocycles. The molecule has 14 heteroatoms. The summed E-state index contributed by atoms with van der Waals surface area (Å²) in [5.74, 6) is 0. The SMILES string of the molecule is CCCCCCc1cc(Br)sc1-c1ccc(-c2ccc(-c3sc(-c4cc(CCCCCC)c(-c5ccc(-c6ccc(-c7sc(-c8cc(CCCCCC)c(-c9ccc(-c%10ccc(-c%11sc(C=O)cc%11CCCCCC)s%10)s9)s8)cc7CCCCCC)s6)s5)s4)cc3CCCCCC)s2)s1. The maximum Gasteiger partial charge on any atom is 0.160 e. The van der Waals surface area contributed by atoms with Crippen LogP contribution in [0.4, 0.5) is 0 Å². The van der Waals surface area contributed by atoms with Crippen LogP contribution in [0.3, 0.4) is 0 Å². The molecule has 0 atom stereocenters. The zero-order valence-corrected chi connectivity index (χ0v) is 70.3. The molecule has 99 heavy (non-hydrogen) atoms. The van der Waals surface area contributed by atoms with Gasteiger partial charge in [0.15, 0.2) is 6.29 Å². The van der Waals surface area contributed by atoms with Crippen LogP contribution in [0.15, 0.2) is 113 Å². The van der Waals surface area contributed by atoms with Crippen molar-refractivity contribution in [3.63, 3.8) is 0 Å². The zero-order chi connectivity index (χ0) is 68.5. The van der Waals surface area contributed by atoms with Crippen molar-refractivity contribution in [2.45, 2.75) is 234 Å². The van der Waals surface area contributed by atoms with E-state index >= 15 is 0 Å². The number of thiophene rings is 12. The Morgan fingerprint density at radius 1 is 0.232 bits per heavy atom. The molecule has 0 aliphatic carbocycles. The molecule has 0 fully saturated rings. The van der Waals surface area contributed by atoms with Gasteiger partial charge in [0, 0.05) is 107 Å². The Bertz CT molecular complexity index is 4450. The number of aldehydes is 1. The van der Waals surface area contributed by atoms with E-state index in [0.717, 1.165) is 49.7 Å². The van der Waals surface area contributed by atoms with E-state index in [2.05, 4.69) is 167 Å². The molecule has 12 heterocycles. The normalized spacial score (nSPS) is 11.8. The summed E-state index contributed by atoms with van der Waals surface area (Å²) in [6.07, 6.45) is 38.1. The lowest BCUT2D eigenvalue weighted by Gasteiger charge is -2.02. The van der Waals surface area contributed by atoms with E-state index in [0.29, 0.717) is 0 Å². The Hall–Kier alpha value is -3.45. The average molecular weight is 1600 g/mol. The van der Waals surface area contributed by atoms with Crippen LogP contribution < -0.4 is 0 Å². The van der Waals surface area contributed by atoms with Gasteiger partial charge in [-0.1, -0.05) is 157 Å². The van der Waals surface area contributed by atoms with E-state index in [4.69, 9.17) is 0 Å². The van der Waals surface area contributed by atoms with E-state index in [9.17, 15) is 4.79 Å². The molecule has 0 spiro atoms. The summed E-state index contributed by atoms with van der Waals surface area (Å²) in [4.78, 5) is 43.6. The molecule has 1 nitrogen and oxygen atoms in total. The van der Waals surface area contributed by atoms with Gasteiger partial charge in [0.25, 0.3) is 0 Å². The van der Waals surface area contributed by atoms with Crippen LogP contribution in [0.1, 0.15) is 239 Å². The Balaban J connectivity index is 0.810. The molecule has 0 unspecified atom stereocenters. The van der Waals surface area contributed by atoms with Crippen LogP contribution in [0.25, 0.3) is 107 Å². The Labute approximate surface area is 648 Å². The highest BCUT2D eigenvalue weighted by molar-refractivity contribution is 9.11. The predicted octanol–water partition coefficient (Wildman–Crippen LogP) is 34.1. The first-order chi connectivity index (χ1) is 48.6. The first-order valence-electron chi connectivity index (χ1n) is 37.2. The summed E-state index contributed by atoms with van der Waals surface area (Å²) in [5, 5.41) is 0. The van der Waals surface area contributed by atoms with Gasteiger partial charge in [-0.2, -0.15) is 0 Å². The summed E-state index contributed by atoms with van der Waals surface area (Å²) >= 11 is 27.4. The molecule has 0 saturated heterocycles. The van der Waals surface area contributed by atoms with Crippen LogP contribution in [-0.2, 0) is 38.5 Å². The molecule has 0 N–H and O–H groups in total. The second-order valence-electron chi connectivity index (χ2n) is 26.7. The van der Waals surface area contributed by atoms with Gasteiger partial charge in [-0.15, -0.1) is 136 Å². The monoisotopic (exact) mass is 1600 g/mol. The van der Waals surface area contributed by atoms with Gasteiger partial charge in [0.1, 0.15) is 0 Å². The van der Waals surface area contributed by atoms with Crippen molar-refractivity contribution < 1.29 is 4.79 Å². The van der Waals surface area contributed by atoms with E-state index in [1.54, 1.807) is 11.3 Å². The van der Waals surface area contributed by atoms with Crippen LogP contribution in [-0.4, -0.2) is 6.29 Å². The number of carbonyl (C=O) groups is 1. The molecule has 0 amide bonds. The summed E-state index contributed by atoms with van der Waals surface area (Å²) in [6, 6.07) is 43.6. The number of carbonyl (C=O) groups excluding carboxylic acids is 1. The lowest BCUT2D eigenvalue weighted by Crippen LogP contribution is -1.85. The zero-order valence-electron chi connectivity index (χ0n) is 58.9. The smallest absolute Gasteiger partial charge is 0.160 e. The molecule has 12 rings (SSSR count).